The lowest BCUT2D eigenvalue weighted by Gasteiger charge is -2.20. The minimum atomic E-state index is -3.80. The second-order valence-electron chi connectivity index (χ2n) is 4.42. The average Bonchev–Trinajstić information content (AvgIpc) is 2.15. The van der Waals surface area contributed by atoms with Crippen LogP contribution in [0, 0.1) is 5.92 Å². The first-order valence-electron chi connectivity index (χ1n) is 5.37. The van der Waals surface area contributed by atoms with Crippen molar-refractivity contribution in [1.82, 2.24) is 0 Å². The van der Waals surface area contributed by atoms with Gasteiger partial charge in [0.15, 0.2) is 0 Å². The molecule has 0 aliphatic heterocycles. The number of hydrogen-bond donors (Lipinski definition) is 1. The molecule has 5 heteroatoms. The van der Waals surface area contributed by atoms with Crippen LogP contribution >= 0.6 is 0 Å². The largest absolute Gasteiger partial charge is 0.299 e. The minimum absolute atomic E-state index is 0.0235. The fourth-order valence-electron chi connectivity index (χ4n) is 2.04. The number of nitrogens with two attached hydrogens (primary N) is 1. The van der Waals surface area contributed by atoms with Crippen LogP contribution in [0.4, 0.5) is 0 Å². The van der Waals surface area contributed by atoms with Crippen molar-refractivity contribution in [3.8, 4) is 0 Å². The van der Waals surface area contributed by atoms with Crippen molar-refractivity contribution >= 4 is 15.8 Å². The van der Waals surface area contributed by atoms with E-state index in [1.165, 1.54) is 13.0 Å². The van der Waals surface area contributed by atoms with E-state index in [1.54, 1.807) is 18.2 Å². The molecule has 0 aromatic heterocycles. The Balaban J connectivity index is 3.45. The highest BCUT2D eigenvalue weighted by Crippen LogP contribution is 2.29. The summed E-state index contributed by atoms with van der Waals surface area (Å²) in [6, 6.07) is 6.39. The molecule has 0 spiro atoms. The van der Waals surface area contributed by atoms with Crippen LogP contribution in [0.15, 0.2) is 29.2 Å². The minimum Gasteiger partial charge on any atom is -0.299 e. The first kappa shape index (κ1) is 13.9. The van der Waals surface area contributed by atoms with Crippen molar-refractivity contribution in [2.75, 3.05) is 0 Å². The molecule has 1 atom stereocenters. The fraction of sp³-hybridized carbons (Fsp3) is 0.417. The van der Waals surface area contributed by atoms with Crippen molar-refractivity contribution in [1.29, 1.82) is 0 Å². The maximum atomic E-state index is 11.6. The summed E-state index contributed by atoms with van der Waals surface area (Å²) in [7, 11) is -3.80. The number of hydrogen-bond acceptors (Lipinski definition) is 3. The van der Waals surface area contributed by atoms with Gasteiger partial charge in [-0.15, -0.1) is 0 Å². The van der Waals surface area contributed by atoms with E-state index in [2.05, 4.69) is 0 Å². The van der Waals surface area contributed by atoms with Crippen molar-refractivity contribution in [2.45, 2.75) is 31.6 Å². The lowest BCUT2D eigenvalue weighted by molar-refractivity contribution is -0.119. The fourth-order valence-corrected chi connectivity index (χ4v) is 2.84. The Labute approximate surface area is 102 Å². The zero-order valence-corrected chi connectivity index (χ0v) is 11.0. The molecule has 0 radical (unpaired) electrons. The molecule has 4 nitrogen and oxygen atoms in total. The molecule has 0 heterocycles. The maximum Gasteiger partial charge on any atom is 0.238 e. The quantitative estimate of drug-likeness (QED) is 0.888. The number of Topliss-reactive ketones (excluding diaryl/α,β-unsaturated/α-hetero) is 1. The zero-order chi connectivity index (χ0) is 13.2. The Kier molecular flexibility index (Phi) is 4.06. The van der Waals surface area contributed by atoms with Crippen LogP contribution in [0.25, 0.3) is 0 Å². The summed E-state index contributed by atoms with van der Waals surface area (Å²) in [6.07, 6.45) is 0. The van der Waals surface area contributed by atoms with E-state index >= 15 is 0 Å². The maximum absolute atomic E-state index is 11.6. The zero-order valence-electron chi connectivity index (χ0n) is 10.2. The lowest BCUT2D eigenvalue weighted by atomic mass is 9.85. The van der Waals surface area contributed by atoms with Gasteiger partial charge >= 0.3 is 0 Å². The van der Waals surface area contributed by atoms with E-state index in [0.29, 0.717) is 5.56 Å². The predicted octanol–water partition coefficient (Wildman–Crippen LogP) is 1.66. The Morgan fingerprint density at radius 1 is 1.24 bits per heavy atom. The third-order valence-electron chi connectivity index (χ3n) is 2.67. The SMILES string of the molecule is CC(=O)C(c1ccccc1S(N)(=O)=O)C(C)C. The molecule has 2 N–H and O–H groups in total. The molecular weight excluding hydrogens is 238 g/mol. The van der Waals surface area contributed by atoms with Crippen LogP contribution in [-0.4, -0.2) is 14.2 Å². The number of rotatable bonds is 4. The van der Waals surface area contributed by atoms with E-state index < -0.39 is 15.9 Å². The van der Waals surface area contributed by atoms with E-state index in [-0.39, 0.29) is 16.6 Å². The Hall–Kier alpha value is -1.20. The van der Waals surface area contributed by atoms with Gasteiger partial charge in [-0.3, -0.25) is 4.79 Å². The molecule has 0 saturated heterocycles. The first-order valence-corrected chi connectivity index (χ1v) is 6.92. The van der Waals surface area contributed by atoms with Gasteiger partial charge in [-0.1, -0.05) is 32.0 Å². The third-order valence-corrected chi connectivity index (χ3v) is 3.65. The molecule has 0 amide bonds. The first-order chi connectivity index (χ1) is 7.75. The van der Waals surface area contributed by atoms with Crippen LogP contribution in [0.1, 0.15) is 32.3 Å². The van der Waals surface area contributed by atoms with Crippen molar-refractivity contribution in [3.63, 3.8) is 0 Å². The second-order valence-corrected chi connectivity index (χ2v) is 5.95. The third kappa shape index (κ3) is 3.14. The Bertz CT molecular complexity index is 520. The van der Waals surface area contributed by atoms with Crippen LogP contribution in [0.3, 0.4) is 0 Å². The van der Waals surface area contributed by atoms with Gasteiger partial charge in [-0.2, -0.15) is 0 Å². The molecule has 0 fully saturated rings. The number of sulfonamides is 1. The lowest BCUT2D eigenvalue weighted by Crippen LogP contribution is -2.21. The number of carbonyl (C=O) groups is 1. The van der Waals surface area contributed by atoms with Crippen LogP contribution < -0.4 is 5.14 Å². The standard InChI is InChI=1S/C12H17NO3S/c1-8(2)12(9(3)14)10-6-4-5-7-11(10)17(13,15)16/h4-8,12H,1-3H3,(H2,13,15,16). The number of ketones is 1. The molecule has 1 rings (SSSR count). The van der Waals surface area contributed by atoms with Crippen LogP contribution in [0.2, 0.25) is 0 Å². The molecule has 94 valence electrons. The molecule has 0 bridgehead atoms. The summed E-state index contributed by atoms with van der Waals surface area (Å²) in [5.74, 6) is -0.476. The van der Waals surface area contributed by atoms with Crippen LogP contribution in [0.5, 0.6) is 0 Å². The number of benzene rings is 1. The number of primary sulfonamides is 1. The molecule has 0 aliphatic carbocycles. The normalized spacial score (nSPS) is 13.7. The summed E-state index contributed by atoms with van der Waals surface area (Å²) in [6.45, 7) is 5.22. The highest BCUT2D eigenvalue weighted by atomic mass is 32.2. The summed E-state index contributed by atoms with van der Waals surface area (Å²) in [5.41, 5.74) is 0.484. The van der Waals surface area contributed by atoms with Crippen molar-refractivity contribution in [2.24, 2.45) is 11.1 Å². The van der Waals surface area contributed by atoms with Crippen molar-refractivity contribution in [3.05, 3.63) is 29.8 Å². The topological polar surface area (TPSA) is 77.2 Å². The van der Waals surface area contributed by atoms with Gasteiger partial charge in [0.1, 0.15) is 5.78 Å². The molecule has 1 unspecified atom stereocenters. The Morgan fingerprint density at radius 3 is 2.18 bits per heavy atom. The summed E-state index contributed by atoms with van der Waals surface area (Å²) >= 11 is 0. The highest BCUT2D eigenvalue weighted by Gasteiger charge is 2.26. The van der Waals surface area contributed by atoms with Gasteiger partial charge in [0, 0.05) is 5.92 Å². The van der Waals surface area contributed by atoms with Crippen LogP contribution in [-0.2, 0) is 14.8 Å². The average molecular weight is 255 g/mol. The van der Waals surface area contributed by atoms with Crippen molar-refractivity contribution < 1.29 is 13.2 Å². The molecular formula is C12H17NO3S. The van der Waals surface area contributed by atoms with E-state index in [1.807, 2.05) is 13.8 Å². The van der Waals surface area contributed by atoms with Gasteiger partial charge in [0.05, 0.1) is 4.90 Å². The molecule has 1 aromatic rings. The predicted molar refractivity (Wildman–Crippen MR) is 66.1 cm³/mol. The van der Waals surface area contributed by atoms with E-state index in [9.17, 15) is 13.2 Å². The van der Waals surface area contributed by atoms with Gasteiger partial charge in [0.2, 0.25) is 10.0 Å². The van der Waals surface area contributed by atoms with Gasteiger partial charge in [-0.05, 0) is 24.5 Å². The highest BCUT2D eigenvalue weighted by molar-refractivity contribution is 7.89. The molecule has 0 aliphatic rings. The van der Waals surface area contributed by atoms with Gasteiger partial charge < -0.3 is 0 Å². The second kappa shape index (κ2) is 4.98. The Morgan fingerprint density at radius 2 is 1.76 bits per heavy atom. The van der Waals surface area contributed by atoms with Gasteiger partial charge in [0.25, 0.3) is 0 Å². The van der Waals surface area contributed by atoms with Gasteiger partial charge in [-0.25, -0.2) is 13.6 Å². The summed E-state index contributed by atoms with van der Waals surface area (Å²) < 4.78 is 22.9. The van der Waals surface area contributed by atoms with E-state index in [4.69, 9.17) is 5.14 Å². The smallest absolute Gasteiger partial charge is 0.238 e. The molecule has 1 aromatic carbocycles. The monoisotopic (exact) mass is 255 g/mol. The molecule has 0 saturated carbocycles. The summed E-state index contributed by atoms with van der Waals surface area (Å²) in [5, 5.41) is 5.16. The molecule has 17 heavy (non-hydrogen) atoms. The van der Waals surface area contributed by atoms with E-state index in [0.717, 1.165) is 0 Å². The number of carbonyl (C=O) groups excluding carboxylic acids is 1. The summed E-state index contributed by atoms with van der Waals surface area (Å²) in [4.78, 5) is 11.7.